The Kier molecular flexibility index (Phi) is 7.29. The van der Waals surface area contributed by atoms with Crippen LogP contribution in [0.25, 0.3) is 0 Å². The predicted molar refractivity (Wildman–Crippen MR) is 116 cm³/mol. The van der Waals surface area contributed by atoms with Crippen molar-refractivity contribution in [3.05, 3.63) is 59.7 Å². The van der Waals surface area contributed by atoms with E-state index in [1.54, 1.807) is 7.11 Å². The second-order valence-corrected chi connectivity index (χ2v) is 9.22. The van der Waals surface area contributed by atoms with Gasteiger partial charge < -0.3 is 15.4 Å². The van der Waals surface area contributed by atoms with Crippen molar-refractivity contribution in [2.24, 2.45) is 5.73 Å². The van der Waals surface area contributed by atoms with Crippen molar-refractivity contribution in [1.29, 1.82) is 0 Å². The molecule has 0 aromatic heterocycles. The summed E-state index contributed by atoms with van der Waals surface area (Å²) in [6.45, 7) is 0.149. The quantitative estimate of drug-likeness (QED) is 0.677. The average molecular weight is 446 g/mol. The van der Waals surface area contributed by atoms with Gasteiger partial charge in [-0.2, -0.15) is 0 Å². The van der Waals surface area contributed by atoms with Gasteiger partial charge in [0.05, 0.1) is 24.6 Å². The molecule has 0 radical (unpaired) electrons. The fourth-order valence-corrected chi connectivity index (χ4v) is 4.71. The summed E-state index contributed by atoms with van der Waals surface area (Å²) in [4.78, 5) is 26.0. The third kappa shape index (κ3) is 5.62. The summed E-state index contributed by atoms with van der Waals surface area (Å²) < 4.78 is 31.8. The van der Waals surface area contributed by atoms with Crippen LogP contribution in [0.15, 0.2) is 53.4 Å². The Morgan fingerprint density at radius 2 is 1.74 bits per heavy atom. The molecule has 0 aliphatic carbocycles. The maximum atomic E-state index is 13.3. The number of sulfonamides is 1. The minimum absolute atomic E-state index is 0.0344. The molecule has 8 nitrogen and oxygen atoms in total. The molecule has 9 heteroatoms. The van der Waals surface area contributed by atoms with E-state index < -0.39 is 22.5 Å². The van der Waals surface area contributed by atoms with E-state index in [0.717, 1.165) is 37.0 Å². The van der Waals surface area contributed by atoms with Crippen molar-refractivity contribution in [3.8, 4) is 5.75 Å². The Morgan fingerprint density at radius 1 is 1.06 bits per heavy atom. The molecular weight excluding hydrogens is 418 g/mol. The van der Waals surface area contributed by atoms with Gasteiger partial charge in [0, 0.05) is 12.1 Å². The van der Waals surface area contributed by atoms with E-state index in [-0.39, 0.29) is 16.8 Å². The van der Waals surface area contributed by atoms with Crippen LogP contribution in [0.4, 0.5) is 0 Å². The first kappa shape index (κ1) is 22.8. The van der Waals surface area contributed by atoms with Gasteiger partial charge in [-0.15, -0.1) is 0 Å². The number of hydrogen-bond donors (Lipinski definition) is 2. The minimum Gasteiger partial charge on any atom is -0.497 e. The fourth-order valence-electron chi connectivity index (χ4n) is 3.72. The Bertz CT molecular complexity index is 1020. The van der Waals surface area contributed by atoms with Crippen LogP contribution in [0.3, 0.4) is 0 Å². The van der Waals surface area contributed by atoms with Crippen LogP contribution in [0.5, 0.6) is 5.75 Å². The molecule has 0 saturated carbocycles. The number of nitrogens with one attached hydrogen (secondary N) is 1. The molecule has 1 aliphatic heterocycles. The van der Waals surface area contributed by atoms with Crippen LogP contribution < -0.4 is 15.2 Å². The number of likely N-dealkylation sites (tertiary alicyclic amines) is 1. The minimum atomic E-state index is -3.88. The number of methoxy groups -OCH3 is 1. The normalized spacial score (nSPS) is 17.1. The molecule has 0 bridgehead atoms. The molecule has 3 N–H and O–H groups in total. The molecule has 2 amide bonds. The molecule has 1 atom stereocenters. The number of carbonyl (C=O) groups excluding carboxylic acids is 2. The summed E-state index contributed by atoms with van der Waals surface area (Å²) in [7, 11) is -2.26. The van der Waals surface area contributed by atoms with E-state index >= 15 is 0 Å². The molecule has 1 saturated heterocycles. The summed E-state index contributed by atoms with van der Waals surface area (Å²) in [6.07, 6.45) is 3.87. The maximum absolute atomic E-state index is 13.3. The first-order valence-corrected chi connectivity index (χ1v) is 11.6. The van der Waals surface area contributed by atoms with E-state index in [0.29, 0.717) is 12.1 Å². The summed E-state index contributed by atoms with van der Waals surface area (Å²) in [6, 6.07) is 13.4. The number of hydrogen-bond acceptors (Lipinski definition) is 5. The van der Waals surface area contributed by atoms with Gasteiger partial charge in [0.15, 0.2) is 0 Å². The van der Waals surface area contributed by atoms with Crippen molar-refractivity contribution >= 4 is 21.8 Å². The molecule has 0 unspecified atom stereocenters. The van der Waals surface area contributed by atoms with Crippen molar-refractivity contribution < 1.29 is 22.7 Å². The molecule has 3 rings (SSSR count). The first-order chi connectivity index (χ1) is 14.8. The van der Waals surface area contributed by atoms with Crippen molar-refractivity contribution in [1.82, 2.24) is 9.62 Å². The van der Waals surface area contributed by atoms with Gasteiger partial charge in [-0.05, 0) is 54.8 Å². The molecule has 31 heavy (non-hydrogen) atoms. The molecule has 166 valence electrons. The molecule has 1 heterocycles. The largest absolute Gasteiger partial charge is 0.497 e. The zero-order valence-corrected chi connectivity index (χ0v) is 18.2. The summed E-state index contributed by atoms with van der Waals surface area (Å²) in [5.74, 6) is -0.158. The van der Waals surface area contributed by atoms with E-state index in [9.17, 15) is 18.0 Å². The van der Waals surface area contributed by atoms with E-state index in [1.807, 2.05) is 29.2 Å². The SMILES string of the molecule is COc1ccc([C@@H]2CCCCCN2C(=O)c2ccc(S(=O)(=O)NCC(N)=O)cc2)cc1. The highest BCUT2D eigenvalue weighted by Crippen LogP contribution is 2.32. The van der Waals surface area contributed by atoms with Crippen molar-refractivity contribution in [2.45, 2.75) is 36.6 Å². The van der Waals surface area contributed by atoms with Gasteiger partial charge >= 0.3 is 0 Å². The third-order valence-corrected chi connectivity index (χ3v) is 6.78. The van der Waals surface area contributed by atoms with Crippen molar-refractivity contribution in [2.75, 3.05) is 20.2 Å². The number of primary amides is 1. The Balaban J connectivity index is 1.82. The highest BCUT2D eigenvalue weighted by atomic mass is 32.2. The lowest BCUT2D eigenvalue weighted by Crippen LogP contribution is -2.35. The number of nitrogens with zero attached hydrogens (tertiary/aromatic N) is 1. The number of amides is 2. The molecule has 2 aromatic carbocycles. The number of rotatable bonds is 7. The van der Waals surface area contributed by atoms with Crippen LogP contribution in [-0.2, 0) is 14.8 Å². The lowest BCUT2D eigenvalue weighted by Gasteiger charge is -2.31. The first-order valence-electron chi connectivity index (χ1n) is 10.1. The zero-order valence-electron chi connectivity index (χ0n) is 17.4. The number of benzene rings is 2. The monoisotopic (exact) mass is 445 g/mol. The van der Waals surface area contributed by atoms with Crippen molar-refractivity contribution in [3.63, 3.8) is 0 Å². The van der Waals surface area contributed by atoms with E-state index in [1.165, 1.54) is 24.3 Å². The standard InChI is InChI=1S/C22H27N3O5S/c1-30-18-10-6-16(7-11-18)20-5-3-2-4-14-25(20)22(27)17-8-12-19(13-9-17)31(28,29)24-15-21(23)26/h6-13,20,24H,2-5,14-15H2,1H3,(H2,23,26)/t20-/m0/s1. The van der Waals surface area contributed by atoms with Crippen LogP contribution >= 0.6 is 0 Å². The van der Waals surface area contributed by atoms with Crippen LogP contribution in [0.1, 0.15) is 47.6 Å². The average Bonchev–Trinajstić information content (AvgIpc) is 3.03. The van der Waals surface area contributed by atoms with Crippen LogP contribution in [-0.4, -0.2) is 45.3 Å². The van der Waals surface area contributed by atoms with Gasteiger partial charge in [0.1, 0.15) is 5.75 Å². The van der Waals surface area contributed by atoms with Gasteiger partial charge in [0.25, 0.3) is 5.91 Å². The number of nitrogens with two attached hydrogens (primary N) is 1. The highest BCUT2D eigenvalue weighted by molar-refractivity contribution is 7.89. The zero-order chi connectivity index (χ0) is 22.4. The predicted octanol–water partition coefficient (Wildman–Crippen LogP) is 2.22. The Labute approximate surface area is 182 Å². The fraction of sp³-hybridized carbons (Fsp3) is 0.364. The van der Waals surface area contributed by atoms with Crippen LogP contribution in [0, 0.1) is 0 Å². The smallest absolute Gasteiger partial charge is 0.254 e. The number of ether oxygens (including phenoxy) is 1. The third-order valence-electron chi connectivity index (χ3n) is 5.36. The number of carbonyl (C=O) groups is 2. The van der Waals surface area contributed by atoms with Gasteiger partial charge in [-0.1, -0.05) is 25.0 Å². The summed E-state index contributed by atoms with van der Waals surface area (Å²) in [5.41, 5.74) is 6.45. The molecule has 1 fully saturated rings. The highest BCUT2D eigenvalue weighted by Gasteiger charge is 2.28. The van der Waals surface area contributed by atoms with Gasteiger partial charge in [-0.25, -0.2) is 13.1 Å². The molecule has 0 spiro atoms. The lowest BCUT2D eigenvalue weighted by atomic mass is 10.00. The molecule has 1 aliphatic rings. The molecule has 2 aromatic rings. The second-order valence-electron chi connectivity index (χ2n) is 7.45. The summed E-state index contributed by atoms with van der Waals surface area (Å²) in [5, 5.41) is 0. The van der Waals surface area contributed by atoms with E-state index in [2.05, 4.69) is 4.72 Å². The molecular formula is C22H27N3O5S. The van der Waals surface area contributed by atoms with Gasteiger partial charge in [-0.3, -0.25) is 9.59 Å². The summed E-state index contributed by atoms with van der Waals surface area (Å²) >= 11 is 0. The topological polar surface area (TPSA) is 119 Å². The lowest BCUT2D eigenvalue weighted by molar-refractivity contribution is -0.116. The van der Waals surface area contributed by atoms with Gasteiger partial charge in [0.2, 0.25) is 15.9 Å². The maximum Gasteiger partial charge on any atom is 0.254 e. The second kappa shape index (κ2) is 9.93. The van der Waals surface area contributed by atoms with Crippen LogP contribution in [0.2, 0.25) is 0 Å². The Hall–Kier alpha value is -2.91. The van der Waals surface area contributed by atoms with E-state index in [4.69, 9.17) is 10.5 Å². The Morgan fingerprint density at radius 3 is 2.35 bits per heavy atom.